The van der Waals surface area contributed by atoms with Crippen molar-refractivity contribution < 1.29 is 5.11 Å². The number of H-pyrrole nitrogens is 1. The van der Waals surface area contributed by atoms with Crippen LogP contribution in [0.2, 0.25) is 0 Å². The number of hydrogen-bond donors (Lipinski definition) is 3. The molecule has 0 saturated heterocycles. The van der Waals surface area contributed by atoms with Gasteiger partial charge in [0.25, 0.3) is 0 Å². The molecule has 0 radical (unpaired) electrons. The molecule has 0 bridgehead atoms. The van der Waals surface area contributed by atoms with Crippen LogP contribution in [0.25, 0.3) is 0 Å². The van der Waals surface area contributed by atoms with Crippen LogP contribution in [0.1, 0.15) is 11.7 Å². The summed E-state index contributed by atoms with van der Waals surface area (Å²) in [6.07, 6.45) is 2.95. The fourth-order valence-electron chi connectivity index (χ4n) is 1.30. The van der Waals surface area contributed by atoms with E-state index in [9.17, 15) is 5.11 Å². The molecule has 1 atom stereocenters. The van der Waals surface area contributed by atoms with Crippen LogP contribution in [0.15, 0.2) is 41.8 Å². The smallest absolute Gasteiger partial charge is 0.165 e. The molecule has 84 valence electrons. The summed E-state index contributed by atoms with van der Waals surface area (Å²) in [4.78, 5) is 7.05. The molecule has 4 nitrogen and oxygen atoms in total. The van der Waals surface area contributed by atoms with E-state index in [-0.39, 0.29) is 0 Å². The van der Waals surface area contributed by atoms with Gasteiger partial charge in [-0.3, -0.25) is 0 Å². The average Bonchev–Trinajstić information content (AvgIpc) is 2.80. The van der Waals surface area contributed by atoms with Crippen molar-refractivity contribution in [2.75, 3.05) is 11.5 Å². The quantitative estimate of drug-likeness (QED) is 0.558. The Balaban J connectivity index is 1.93. The summed E-state index contributed by atoms with van der Waals surface area (Å²) in [6, 6.07) is 7.25. The van der Waals surface area contributed by atoms with E-state index < -0.39 is 6.10 Å². The summed E-state index contributed by atoms with van der Waals surface area (Å²) in [5.74, 6) is 0.567. The first-order valence-corrected chi connectivity index (χ1v) is 5.90. The standard InChI is InChI=1S/C11H13N3OS/c12-9-3-1-8(2-4-9)10(15)7-16-11-13-5-6-14-11/h1-6,10,15H,7,12H2,(H,13,14). The molecule has 1 unspecified atom stereocenters. The lowest BCUT2D eigenvalue weighted by atomic mass is 10.1. The number of aliphatic hydroxyl groups excluding tert-OH is 1. The van der Waals surface area contributed by atoms with Gasteiger partial charge < -0.3 is 15.8 Å². The van der Waals surface area contributed by atoms with Gasteiger partial charge in [-0.2, -0.15) is 0 Å². The Morgan fingerprint density at radius 3 is 2.75 bits per heavy atom. The van der Waals surface area contributed by atoms with Crippen molar-refractivity contribution >= 4 is 17.4 Å². The number of nitrogens with one attached hydrogen (secondary N) is 1. The normalized spacial score (nSPS) is 12.6. The zero-order valence-electron chi connectivity index (χ0n) is 8.63. The van der Waals surface area contributed by atoms with Gasteiger partial charge in [0.2, 0.25) is 0 Å². The molecule has 2 aromatic rings. The average molecular weight is 235 g/mol. The summed E-state index contributed by atoms with van der Waals surface area (Å²) in [5, 5.41) is 10.7. The highest BCUT2D eigenvalue weighted by Crippen LogP contribution is 2.22. The van der Waals surface area contributed by atoms with Gasteiger partial charge in [-0.25, -0.2) is 4.98 Å². The first-order chi connectivity index (χ1) is 7.75. The third-order valence-electron chi connectivity index (χ3n) is 2.17. The SMILES string of the molecule is Nc1ccc(C(O)CSc2ncc[nH]2)cc1. The molecular weight excluding hydrogens is 222 g/mol. The third-order valence-corrected chi connectivity index (χ3v) is 3.15. The number of aliphatic hydroxyl groups is 1. The molecular formula is C11H13N3OS. The van der Waals surface area contributed by atoms with Crippen LogP contribution >= 0.6 is 11.8 Å². The summed E-state index contributed by atoms with van der Waals surface area (Å²) in [6.45, 7) is 0. The van der Waals surface area contributed by atoms with Gasteiger partial charge in [0.05, 0.1) is 6.10 Å². The van der Waals surface area contributed by atoms with Crippen molar-refractivity contribution in [1.29, 1.82) is 0 Å². The summed E-state index contributed by atoms with van der Waals surface area (Å²) >= 11 is 1.49. The molecule has 0 fully saturated rings. The van der Waals surface area contributed by atoms with Crippen LogP contribution in [-0.4, -0.2) is 20.8 Å². The minimum Gasteiger partial charge on any atom is -0.399 e. The van der Waals surface area contributed by atoms with E-state index in [1.165, 1.54) is 11.8 Å². The molecule has 16 heavy (non-hydrogen) atoms. The van der Waals surface area contributed by atoms with Gasteiger partial charge in [0, 0.05) is 23.8 Å². The van der Waals surface area contributed by atoms with Crippen LogP contribution in [-0.2, 0) is 0 Å². The van der Waals surface area contributed by atoms with E-state index in [0.29, 0.717) is 11.4 Å². The fourth-order valence-corrected chi connectivity index (χ4v) is 2.10. The number of imidazole rings is 1. The minimum atomic E-state index is -0.504. The summed E-state index contributed by atoms with van der Waals surface area (Å²) in [5.41, 5.74) is 7.15. The lowest BCUT2D eigenvalue weighted by Crippen LogP contribution is -2.01. The lowest BCUT2D eigenvalue weighted by molar-refractivity contribution is 0.204. The topological polar surface area (TPSA) is 74.9 Å². The maximum Gasteiger partial charge on any atom is 0.165 e. The summed E-state index contributed by atoms with van der Waals surface area (Å²) < 4.78 is 0. The van der Waals surface area contributed by atoms with E-state index in [1.54, 1.807) is 24.5 Å². The van der Waals surface area contributed by atoms with Gasteiger partial charge in [-0.15, -0.1) is 0 Å². The van der Waals surface area contributed by atoms with Gasteiger partial charge in [0.1, 0.15) is 0 Å². The molecule has 1 aromatic heterocycles. The van der Waals surface area contributed by atoms with Crippen molar-refractivity contribution in [3.05, 3.63) is 42.2 Å². The van der Waals surface area contributed by atoms with Crippen molar-refractivity contribution in [3.63, 3.8) is 0 Å². The Hall–Kier alpha value is -1.46. The van der Waals surface area contributed by atoms with Crippen LogP contribution in [0.5, 0.6) is 0 Å². The number of aromatic nitrogens is 2. The highest BCUT2D eigenvalue weighted by Gasteiger charge is 2.08. The Bertz CT molecular complexity index is 427. The van der Waals surface area contributed by atoms with Crippen LogP contribution in [0, 0.1) is 0 Å². The Morgan fingerprint density at radius 1 is 1.38 bits per heavy atom. The van der Waals surface area contributed by atoms with E-state index >= 15 is 0 Å². The monoisotopic (exact) mass is 235 g/mol. The van der Waals surface area contributed by atoms with Gasteiger partial charge in [-0.1, -0.05) is 23.9 Å². The van der Waals surface area contributed by atoms with E-state index in [0.717, 1.165) is 10.7 Å². The first kappa shape index (κ1) is 11.0. The van der Waals surface area contributed by atoms with Crippen molar-refractivity contribution in [3.8, 4) is 0 Å². The lowest BCUT2D eigenvalue weighted by Gasteiger charge is -2.09. The molecule has 0 saturated carbocycles. The predicted molar refractivity (Wildman–Crippen MR) is 65.1 cm³/mol. The molecule has 1 aromatic carbocycles. The zero-order chi connectivity index (χ0) is 11.4. The van der Waals surface area contributed by atoms with Crippen LogP contribution in [0.4, 0.5) is 5.69 Å². The highest BCUT2D eigenvalue weighted by atomic mass is 32.2. The molecule has 1 heterocycles. The number of rotatable bonds is 4. The maximum absolute atomic E-state index is 9.91. The van der Waals surface area contributed by atoms with Gasteiger partial charge >= 0.3 is 0 Å². The fraction of sp³-hybridized carbons (Fsp3) is 0.182. The Kier molecular flexibility index (Phi) is 3.48. The Labute approximate surface area is 97.9 Å². The number of aromatic amines is 1. The number of nitrogens with zero attached hydrogens (tertiary/aromatic N) is 1. The van der Waals surface area contributed by atoms with Crippen molar-refractivity contribution in [2.24, 2.45) is 0 Å². The largest absolute Gasteiger partial charge is 0.399 e. The molecule has 2 rings (SSSR count). The second-order valence-corrected chi connectivity index (χ2v) is 4.40. The zero-order valence-corrected chi connectivity index (χ0v) is 9.45. The van der Waals surface area contributed by atoms with E-state index in [1.807, 2.05) is 12.1 Å². The Morgan fingerprint density at radius 2 is 2.12 bits per heavy atom. The number of nitrogens with two attached hydrogens (primary N) is 1. The third kappa shape index (κ3) is 2.77. The minimum absolute atomic E-state index is 0.504. The van der Waals surface area contributed by atoms with E-state index in [2.05, 4.69) is 9.97 Å². The first-order valence-electron chi connectivity index (χ1n) is 4.91. The predicted octanol–water partition coefficient (Wildman–Crippen LogP) is 1.82. The molecule has 5 heteroatoms. The highest BCUT2D eigenvalue weighted by molar-refractivity contribution is 7.99. The number of hydrogen-bond acceptors (Lipinski definition) is 4. The summed E-state index contributed by atoms with van der Waals surface area (Å²) in [7, 11) is 0. The van der Waals surface area contributed by atoms with Gasteiger partial charge in [-0.05, 0) is 17.7 Å². The second kappa shape index (κ2) is 5.05. The van der Waals surface area contributed by atoms with Crippen LogP contribution in [0.3, 0.4) is 0 Å². The molecule has 4 N–H and O–H groups in total. The molecule has 0 aliphatic carbocycles. The van der Waals surface area contributed by atoms with Crippen molar-refractivity contribution in [1.82, 2.24) is 9.97 Å². The molecule has 0 spiro atoms. The van der Waals surface area contributed by atoms with Crippen molar-refractivity contribution in [2.45, 2.75) is 11.3 Å². The number of benzene rings is 1. The number of nitrogen functional groups attached to an aromatic ring is 1. The molecule has 0 aliphatic heterocycles. The maximum atomic E-state index is 9.91. The number of anilines is 1. The van der Waals surface area contributed by atoms with Crippen LogP contribution < -0.4 is 5.73 Å². The van der Waals surface area contributed by atoms with E-state index in [4.69, 9.17) is 5.73 Å². The molecule has 0 aliphatic rings. The molecule has 0 amide bonds. The number of thioether (sulfide) groups is 1. The van der Waals surface area contributed by atoms with Gasteiger partial charge in [0.15, 0.2) is 5.16 Å². The second-order valence-electron chi connectivity index (χ2n) is 3.39.